The largest absolute Gasteiger partial charge is 0.493 e. The highest BCUT2D eigenvalue weighted by atomic mass is 32.1. The zero-order valence-corrected chi connectivity index (χ0v) is 19.1. The van der Waals surface area contributed by atoms with Crippen molar-refractivity contribution < 1.29 is 19.1 Å². The lowest BCUT2D eigenvalue weighted by molar-refractivity contribution is -0.135. The molecule has 3 heterocycles. The normalized spacial score (nSPS) is 21.3. The number of hydrogen-bond donors (Lipinski definition) is 1. The molecule has 2 amide bonds. The van der Waals surface area contributed by atoms with Crippen LogP contribution in [0.25, 0.3) is 0 Å². The maximum Gasteiger partial charge on any atom is 0.257 e. The van der Waals surface area contributed by atoms with E-state index in [0.717, 1.165) is 35.5 Å². The van der Waals surface area contributed by atoms with Crippen LogP contribution < -0.4 is 15.2 Å². The second-order valence-electron chi connectivity index (χ2n) is 8.07. The smallest absolute Gasteiger partial charge is 0.257 e. The molecule has 4 rings (SSSR count). The van der Waals surface area contributed by atoms with E-state index in [1.54, 1.807) is 30.6 Å². The van der Waals surface area contributed by atoms with E-state index in [4.69, 9.17) is 20.3 Å². The lowest BCUT2D eigenvalue weighted by Gasteiger charge is -2.32. The van der Waals surface area contributed by atoms with Crippen molar-refractivity contribution in [3.05, 3.63) is 46.2 Å². The van der Waals surface area contributed by atoms with E-state index in [1.807, 2.05) is 40.6 Å². The van der Waals surface area contributed by atoms with Gasteiger partial charge in [-0.1, -0.05) is 12.1 Å². The van der Waals surface area contributed by atoms with Gasteiger partial charge in [0.15, 0.2) is 11.5 Å². The third-order valence-electron chi connectivity index (χ3n) is 6.03. The maximum absolute atomic E-state index is 13.4. The van der Waals surface area contributed by atoms with Crippen molar-refractivity contribution in [3.63, 3.8) is 0 Å². The molecule has 0 radical (unpaired) electrons. The summed E-state index contributed by atoms with van der Waals surface area (Å²) in [4.78, 5) is 28.1. The van der Waals surface area contributed by atoms with Gasteiger partial charge >= 0.3 is 0 Å². The first-order chi connectivity index (χ1) is 15.5. The Morgan fingerprint density at radius 2 is 2.03 bits per heavy atom. The molecule has 2 atom stereocenters. The minimum Gasteiger partial charge on any atom is -0.493 e. The highest BCUT2D eigenvalue weighted by molar-refractivity contribution is 7.12. The van der Waals surface area contributed by atoms with Gasteiger partial charge in [-0.15, -0.1) is 11.3 Å². The van der Waals surface area contributed by atoms with E-state index in [0.29, 0.717) is 24.5 Å². The fourth-order valence-electron chi connectivity index (χ4n) is 4.35. The van der Waals surface area contributed by atoms with Crippen LogP contribution in [0, 0.1) is 5.92 Å². The number of likely N-dealkylation sites (tertiary alicyclic amines) is 1. The van der Waals surface area contributed by atoms with E-state index in [-0.39, 0.29) is 30.3 Å². The summed E-state index contributed by atoms with van der Waals surface area (Å²) in [7, 11) is 3.19. The summed E-state index contributed by atoms with van der Waals surface area (Å²) in [5, 5.41) is 8.32. The number of ether oxygens (including phenoxy) is 2. The molecule has 2 aromatic rings. The predicted octanol–water partition coefficient (Wildman–Crippen LogP) is 2.64. The van der Waals surface area contributed by atoms with E-state index in [9.17, 15) is 9.59 Å². The van der Waals surface area contributed by atoms with Crippen molar-refractivity contribution in [1.82, 2.24) is 9.91 Å². The fourth-order valence-corrected chi connectivity index (χ4v) is 5.07. The van der Waals surface area contributed by atoms with Crippen LogP contribution in [0.15, 0.2) is 40.8 Å². The van der Waals surface area contributed by atoms with Gasteiger partial charge in [-0.2, -0.15) is 5.10 Å². The first-order valence-corrected chi connectivity index (χ1v) is 11.5. The molecule has 0 spiro atoms. The van der Waals surface area contributed by atoms with Gasteiger partial charge in [0.25, 0.3) is 5.91 Å². The SMILES string of the molecule is COc1ccc([C@@H]2CC(c3cccs3)=NN2C(=O)CN2CCC[C@H](C(N)=O)C2)cc1OC. The average molecular weight is 457 g/mol. The van der Waals surface area contributed by atoms with Crippen LogP contribution in [-0.2, 0) is 9.59 Å². The molecule has 1 fully saturated rings. The summed E-state index contributed by atoms with van der Waals surface area (Å²) >= 11 is 1.61. The number of methoxy groups -OCH3 is 2. The Morgan fingerprint density at radius 1 is 1.22 bits per heavy atom. The molecular formula is C23H28N4O4S. The second kappa shape index (κ2) is 9.70. The highest BCUT2D eigenvalue weighted by Crippen LogP contribution is 2.38. The van der Waals surface area contributed by atoms with Crippen molar-refractivity contribution in [1.29, 1.82) is 0 Å². The molecule has 0 unspecified atom stereocenters. The minimum atomic E-state index is -0.301. The summed E-state index contributed by atoms with van der Waals surface area (Å²) < 4.78 is 10.8. The monoisotopic (exact) mass is 456 g/mol. The Morgan fingerprint density at radius 3 is 2.72 bits per heavy atom. The standard InChI is InChI=1S/C23H28N4O4S/c1-30-19-8-7-15(11-20(19)31-2)18-12-17(21-6-4-10-32-21)25-27(18)22(28)14-26-9-3-5-16(13-26)23(24)29/h4,6-8,10-11,16,18H,3,5,9,12-14H2,1-2H3,(H2,24,29)/t16-,18-/m0/s1. The number of nitrogens with two attached hydrogens (primary N) is 1. The van der Waals surface area contributed by atoms with E-state index < -0.39 is 0 Å². The number of nitrogens with zero attached hydrogens (tertiary/aromatic N) is 3. The first-order valence-electron chi connectivity index (χ1n) is 10.7. The lowest BCUT2D eigenvalue weighted by atomic mass is 9.97. The van der Waals surface area contributed by atoms with Crippen molar-refractivity contribution in [2.75, 3.05) is 33.9 Å². The summed E-state index contributed by atoms with van der Waals surface area (Å²) in [6, 6.07) is 9.46. The Hall–Kier alpha value is -2.91. The van der Waals surface area contributed by atoms with Crippen molar-refractivity contribution in [2.45, 2.75) is 25.3 Å². The third kappa shape index (κ3) is 4.63. The van der Waals surface area contributed by atoms with Gasteiger partial charge in [0, 0.05) is 13.0 Å². The number of amides is 2. The number of hydrazone groups is 1. The molecule has 0 saturated carbocycles. The highest BCUT2D eigenvalue weighted by Gasteiger charge is 2.35. The second-order valence-corrected chi connectivity index (χ2v) is 9.02. The van der Waals surface area contributed by atoms with Crippen LogP contribution in [-0.4, -0.2) is 61.3 Å². The molecule has 1 saturated heterocycles. The number of rotatable bonds is 7. The molecule has 1 aromatic carbocycles. The topological polar surface area (TPSA) is 97.5 Å². The van der Waals surface area contributed by atoms with Gasteiger partial charge in [0.1, 0.15) is 0 Å². The van der Waals surface area contributed by atoms with E-state index in [1.165, 1.54) is 0 Å². The number of piperidine rings is 1. The molecule has 1 aromatic heterocycles. The Bertz CT molecular complexity index is 1010. The Kier molecular flexibility index (Phi) is 6.76. The minimum absolute atomic E-state index is 0.0959. The molecule has 2 aliphatic heterocycles. The number of primary amides is 1. The number of benzene rings is 1. The average Bonchev–Trinajstić information content (AvgIpc) is 3.49. The molecule has 0 bridgehead atoms. The summed E-state index contributed by atoms with van der Waals surface area (Å²) in [5.41, 5.74) is 7.32. The molecule has 2 N–H and O–H groups in total. The van der Waals surface area contributed by atoms with Crippen molar-refractivity contribution in [3.8, 4) is 11.5 Å². The fraction of sp³-hybridized carbons (Fsp3) is 0.435. The molecule has 9 heteroatoms. The Labute approximate surface area is 191 Å². The van der Waals surface area contributed by atoms with Crippen LogP contribution in [0.4, 0.5) is 0 Å². The van der Waals surface area contributed by atoms with Crippen molar-refractivity contribution in [2.24, 2.45) is 16.8 Å². The van der Waals surface area contributed by atoms with Crippen LogP contribution >= 0.6 is 11.3 Å². The maximum atomic E-state index is 13.4. The van der Waals surface area contributed by atoms with Crippen LogP contribution in [0.1, 0.15) is 35.7 Å². The van der Waals surface area contributed by atoms with Gasteiger partial charge in [-0.3, -0.25) is 14.5 Å². The number of hydrogen-bond acceptors (Lipinski definition) is 7. The predicted molar refractivity (Wildman–Crippen MR) is 123 cm³/mol. The number of thiophene rings is 1. The number of carbonyl (C=O) groups excluding carboxylic acids is 2. The zero-order valence-electron chi connectivity index (χ0n) is 18.3. The quantitative estimate of drug-likeness (QED) is 0.691. The lowest BCUT2D eigenvalue weighted by Crippen LogP contribution is -2.45. The van der Waals surface area contributed by atoms with Gasteiger partial charge in [0.05, 0.1) is 43.3 Å². The molecule has 2 aliphatic rings. The zero-order chi connectivity index (χ0) is 22.7. The van der Waals surface area contributed by atoms with Crippen LogP contribution in [0.2, 0.25) is 0 Å². The summed E-state index contributed by atoms with van der Waals surface area (Å²) in [5.74, 6) is 0.646. The summed E-state index contributed by atoms with van der Waals surface area (Å²) in [6.45, 7) is 1.48. The molecule has 170 valence electrons. The Balaban J connectivity index is 1.58. The molecular weight excluding hydrogens is 428 g/mol. The third-order valence-corrected chi connectivity index (χ3v) is 6.95. The van der Waals surface area contributed by atoms with Gasteiger partial charge in [0.2, 0.25) is 5.91 Å². The molecule has 0 aliphatic carbocycles. The number of carbonyl (C=O) groups is 2. The van der Waals surface area contributed by atoms with E-state index in [2.05, 4.69) is 0 Å². The van der Waals surface area contributed by atoms with Crippen molar-refractivity contribution >= 4 is 28.9 Å². The van der Waals surface area contributed by atoms with Crippen LogP contribution in [0.5, 0.6) is 11.5 Å². The van der Waals surface area contributed by atoms with E-state index >= 15 is 0 Å². The van der Waals surface area contributed by atoms with Gasteiger partial charge < -0.3 is 15.2 Å². The molecule has 8 nitrogen and oxygen atoms in total. The van der Waals surface area contributed by atoms with Gasteiger partial charge in [-0.05, 0) is 48.5 Å². The van der Waals surface area contributed by atoms with Gasteiger partial charge in [-0.25, -0.2) is 5.01 Å². The van der Waals surface area contributed by atoms with Crippen LogP contribution in [0.3, 0.4) is 0 Å². The first kappa shape index (κ1) is 22.3. The molecule has 32 heavy (non-hydrogen) atoms. The summed E-state index contributed by atoms with van der Waals surface area (Å²) in [6.07, 6.45) is 2.24.